The van der Waals surface area contributed by atoms with Gasteiger partial charge in [0.2, 0.25) is 5.91 Å². The van der Waals surface area contributed by atoms with Crippen LogP contribution in [0.2, 0.25) is 0 Å². The number of aryl methyl sites for hydroxylation is 1. The molecule has 2 heterocycles. The molecular weight excluding hydrogens is 426 g/mol. The number of pyridine rings is 1. The van der Waals surface area contributed by atoms with Crippen molar-refractivity contribution in [3.05, 3.63) is 71.4 Å². The van der Waals surface area contributed by atoms with Crippen LogP contribution in [-0.4, -0.2) is 39.1 Å². The number of nitrogens with zero attached hydrogens (tertiary/aromatic N) is 1. The molecule has 4 rings (SSSR count). The Balaban J connectivity index is 1.42. The number of para-hydroxylation sites is 1. The molecule has 1 aliphatic rings. The highest BCUT2D eigenvalue weighted by Gasteiger charge is 2.38. The number of hydroxylamine groups is 1. The zero-order valence-corrected chi connectivity index (χ0v) is 18.6. The quantitative estimate of drug-likeness (QED) is 0.375. The summed E-state index contributed by atoms with van der Waals surface area (Å²) in [6, 6.07) is 16.9. The van der Waals surface area contributed by atoms with E-state index in [0.717, 1.165) is 27.9 Å². The molecule has 0 aliphatic carbocycles. The number of amides is 2. The predicted molar refractivity (Wildman–Crippen MR) is 124 cm³/mol. The van der Waals surface area contributed by atoms with E-state index in [9.17, 15) is 9.59 Å². The van der Waals surface area contributed by atoms with Crippen LogP contribution in [0.5, 0.6) is 5.75 Å². The summed E-state index contributed by atoms with van der Waals surface area (Å²) in [6.45, 7) is 2.36. The number of hydrogen-bond acceptors (Lipinski definition) is 6. The van der Waals surface area contributed by atoms with Gasteiger partial charge >= 0.3 is 0 Å². The SMILES string of the molecule is Cc1cc(COc2ccc(C(=O)N[C@@]3(CC(=O)NO)CCSC3)cc2)c2ccccc2n1. The molecule has 8 heteroatoms. The standard InChI is InChI=1S/C24H25N3O4S/c1-16-12-18(20-4-2-3-5-21(20)25-16)14-31-19-8-6-17(7-9-19)23(29)26-24(10-11-32-15-24)13-22(28)27-30/h2-9,12,30H,10-11,13-15H2,1H3,(H,26,29)(H,27,28)/t24-/m1/s1. The van der Waals surface area contributed by atoms with Crippen molar-refractivity contribution in [3.63, 3.8) is 0 Å². The van der Waals surface area contributed by atoms with Crippen molar-refractivity contribution in [1.29, 1.82) is 0 Å². The zero-order chi connectivity index (χ0) is 22.6. The van der Waals surface area contributed by atoms with Crippen LogP contribution < -0.4 is 15.5 Å². The van der Waals surface area contributed by atoms with Crippen LogP contribution in [0.4, 0.5) is 0 Å². The van der Waals surface area contributed by atoms with Crippen LogP contribution in [-0.2, 0) is 11.4 Å². The Morgan fingerprint density at radius 1 is 1.19 bits per heavy atom. The van der Waals surface area contributed by atoms with Crippen LogP contribution >= 0.6 is 11.8 Å². The molecule has 3 N–H and O–H groups in total. The Morgan fingerprint density at radius 3 is 2.69 bits per heavy atom. The molecule has 7 nitrogen and oxygen atoms in total. The van der Waals surface area contributed by atoms with Crippen molar-refractivity contribution in [2.75, 3.05) is 11.5 Å². The van der Waals surface area contributed by atoms with Crippen LogP contribution in [0.1, 0.15) is 34.5 Å². The van der Waals surface area contributed by atoms with Gasteiger partial charge in [0, 0.05) is 28.0 Å². The Kier molecular flexibility index (Phi) is 6.62. The molecule has 1 saturated heterocycles. The summed E-state index contributed by atoms with van der Waals surface area (Å²) < 4.78 is 5.97. The lowest BCUT2D eigenvalue weighted by Gasteiger charge is -2.28. The number of thioether (sulfide) groups is 1. The highest BCUT2D eigenvalue weighted by atomic mass is 32.2. The van der Waals surface area contributed by atoms with Crippen LogP contribution in [0, 0.1) is 6.92 Å². The molecule has 32 heavy (non-hydrogen) atoms. The second kappa shape index (κ2) is 9.58. The number of rotatable bonds is 7. The second-order valence-corrected chi connectivity index (χ2v) is 9.11. The lowest BCUT2D eigenvalue weighted by atomic mass is 9.93. The number of hydrogen-bond donors (Lipinski definition) is 3. The number of benzene rings is 2. The summed E-state index contributed by atoms with van der Waals surface area (Å²) >= 11 is 1.68. The fourth-order valence-corrected chi connectivity index (χ4v) is 5.32. The molecule has 1 aromatic heterocycles. The van der Waals surface area contributed by atoms with Crippen molar-refractivity contribution < 1.29 is 19.5 Å². The maximum absolute atomic E-state index is 12.8. The van der Waals surface area contributed by atoms with E-state index >= 15 is 0 Å². The third-order valence-electron chi connectivity index (χ3n) is 5.55. The minimum Gasteiger partial charge on any atom is -0.489 e. The first kappa shape index (κ1) is 22.1. The van der Waals surface area contributed by atoms with Crippen molar-refractivity contribution in [2.45, 2.75) is 31.9 Å². The number of carbonyl (C=O) groups excluding carboxylic acids is 2. The first-order valence-electron chi connectivity index (χ1n) is 10.4. The Bertz CT molecular complexity index is 1130. The molecule has 0 bridgehead atoms. The van der Waals surface area contributed by atoms with Gasteiger partial charge in [-0.2, -0.15) is 11.8 Å². The largest absolute Gasteiger partial charge is 0.489 e. The molecule has 0 unspecified atom stereocenters. The van der Waals surface area contributed by atoms with Crippen molar-refractivity contribution in [2.24, 2.45) is 0 Å². The van der Waals surface area contributed by atoms with Crippen molar-refractivity contribution in [1.82, 2.24) is 15.8 Å². The van der Waals surface area contributed by atoms with Gasteiger partial charge in [0.1, 0.15) is 12.4 Å². The van der Waals surface area contributed by atoms with Gasteiger partial charge in [0.25, 0.3) is 5.91 Å². The molecular formula is C24H25N3O4S. The fourth-order valence-electron chi connectivity index (χ4n) is 3.93. The molecule has 166 valence electrons. The number of carbonyl (C=O) groups is 2. The van der Waals surface area contributed by atoms with Crippen LogP contribution in [0.25, 0.3) is 10.9 Å². The maximum Gasteiger partial charge on any atom is 0.251 e. The van der Waals surface area contributed by atoms with Gasteiger partial charge in [-0.3, -0.25) is 19.8 Å². The molecule has 1 fully saturated rings. The topological polar surface area (TPSA) is 101 Å². The van der Waals surface area contributed by atoms with Crippen molar-refractivity contribution >= 4 is 34.5 Å². The highest BCUT2D eigenvalue weighted by molar-refractivity contribution is 7.99. The lowest BCUT2D eigenvalue weighted by Crippen LogP contribution is -2.51. The van der Waals surface area contributed by atoms with E-state index in [1.165, 1.54) is 0 Å². The Hall–Kier alpha value is -3.10. The van der Waals surface area contributed by atoms with Gasteiger partial charge in [-0.15, -0.1) is 0 Å². The monoisotopic (exact) mass is 451 g/mol. The van der Waals surface area contributed by atoms with E-state index in [1.807, 2.05) is 37.3 Å². The first-order chi connectivity index (χ1) is 15.5. The summed E-state index contributed by atoms with van der Waals surface area (Å²) in [4.78, 5) is 29.0. The molecule has 1 atom stereocenters. The van der Waals surface area contributed by atoms with Gasteiger partial charge in [0.15, 0.2) is 0 Å². The average Bonchev–Trinajstić information content (AvgIpc) is 3.25. The van der Waals surface area contributed by atoms with Crippen LogP contribution in [0.3, 0.4) is 0 Å². The summed E-state index contributed by atoms with van der Waals surface area (Å²) in [5.41, 5.74) is 4.42. The molecule has 2 aromatic carbocycles. The normalized spacial score (nSPS) is 17.8. The summed E-state index contributed by atoms with van der Waals surface area (Å²) in [5.74, 6) is 1.39. The minimum atomic E-state index is -0.649. The first-order valence-corrected chi connectivity index (χ1v) is 11.5. The second-order valence-electron chi connectivity index (χ2n) is 8.00. The minimum absolute atomic E-state index is 0.0444. The third-order valence-corrected chi connectivity index (χ3v) is 6.80. The van der Waals surface area contributed by atoms with E-state index in [-0.39, 0.29) is 12.3 Å². The van der Waals surface area contributed by atoms with Gasteiger partial charge in [-0.05, 0) is 55.5 Å². The van der Waals surface area contributed by atoms with E-state index in [4.69, 9.17) is 9.94 Å². The van der Waals surface area contributed by atoms with Gasteiger partial charge in [-0.1, -0.05) is 18.2 Å². The van der Waals surface area contributed by atoms with Gasteiger partial charge in [-0.25, -0.2) is 5.48 Å². The third kappa shape index (κ3) is 5.03. The van der Waals surface area contributed by atoms with Gasteiger partial charge in [0.05, 0.1) is 17.5 Å². The van der Waals surface area contributed by atoms with Crippen LogP contribution in [0.15, 0.2) is 54.6 Å². The summed E-state index contributed by atoms with van der Waals surface area (Å²) in [7, 11) is 0. The molecule has 3 aromatic rings. The smallest absolute Gasteiger partial charge is 0.251 e. The molecule has 1 aliphatic heterocycles. The maximum atomic E-state index is 12.8. The average molecular weight is 452 g/mol. The Morgan fingerprint density at radius 2 is 1.97 bits per heavy atom. The molecule has 0 radical (unpaired) electrons. The molecule has 2 amide bonds. The number of nitrogens with one attached hydrogen (secondary N) is 2. The van der Waals surface area contributed by atoms with Gasteiger partial charge < -0.3 is 10.1 Å². The summed E-state index contributed by atoms with van der Waals surface area (Å²) in [5, 5.41) is 12.9. The summed E-state index contributed by atoms with van der Waals surface area (Å²) in [6.07, 6.45) is 0.722. The fraction of sp³-hybridized carbons (Fsp3) is 0.292. The number of fused-ring (bicyclic) bond motifs is 1. The van der Waals surface area contributed by atoms with E-state index in [2.05, 4.69) is 10.3 Å². The molecule has 0 spiro atoms. The highest BCUT2D eigenvalue weighted by Crippen LogP contribution is 2.31. The molecule has 0 saturated carbocycles. The predicted octanol–water partition coefficient (Wildman–Crippen LogP) is 3.62. The number of aromatic nitrogens is 1. The van der Waals surface area contributed by atoms with E-state index < -0.39 is 11.4 Å². The Labute approximate surface area is 190 Å². The number of ether oxygens (including phenoxy) is 1. The zero-order valence-electron chi connectivity index (χ0n) is 17.8. The lowest BCUT2D eigenvalue weighted by molar-refractivity contribution is -0.130. The van der Waals surface area contributed by atoms with E-state index in [0.29, 0.717) is 30.1 Å². The van der Waals surface area contributed by atoms with Crippen molar-refractivity contribution in [3.8, 4) is 5.75 Å². The van der Waals surface area contributed by atoms with E-state index in [1.54, 1.807) is 41.5 Å².